The van der Waals surface area contributed by atoms with Gasteiger partial charge in [0.15, 0.2) is 0 Å². The van der Waals surface area contributed by atoms with Crippen LogP contribution in [0, 0.1) is 5.92 Å². The second kappa shape index (κ2) is 9.77. The van der Waals surface area contributed by atoms with Gasteiger partial charge in [-0.1, -0.05) is 36.2 Å². The molecule has 2 heterocycles. The second-order valence-electron chi connectivity index (χ2n) is 9.64. The normalized spacial score (nSPS) is 21.2. The molecule has 1 aromatic carbocycles. The first kappa shape index (κ1) is 22.9. The van der Waals surface area contributed by atoms with Crippen molar-refractivity contribution in [1.29, 1.82) is 0 Å². The fourth-order valence-corrected chi connectivity index (χ4v) is 5.37. The third-order valence-electron chi connectivity index (χ3n) is 7.27. The lowest BCUT2D eigenvalue weighted by Gasteiger charge is -2.38. The summed E-state index contributed by atoms with van der Waals surface area (Å²) >= 11 is 12.4. The van der Waals surface area contributed by atoms with Crippen molar-refractivity contribution in [3.05, 3.63) is 51.4 Å². The average Bonchev–Trinajstić information content (AvgIpc) is 3.58. The summed E-state index contributed by atoms with van der Waals surface area (Å²) in [7, 11) is 0. The number of piperazine rings is 1. The van der Waals surface area contributed by atoms with Crippen LogP contribution < -0.4 is 10.2 Å². The zero-order valence-electron chi connectivity index (χ0n) is 19.1. The lowest BCUT2D eigenvalue weighted by atomic mass is 9.96. The SMILES string of the molecule is C[C@@H]1CCc2ncnc(N3CCN(C(=O)[C@H](CNCC4CC4)c4ccc(Cl)c(Cl)c4)CC3)c21. The summed E-state index contributed by atoms with van der Waals surface area (Å²) in [4.78, 5) is 27.1. The van der Waals surface area contributed by atoms with Crippen LogP contribution >= 0.6 is 23.2 Å². The molecule has 3 aliphatic rings. The molecule has 6 nitrogen and oxygen atoms in total. The highest BCUT2D eigenvalue weighted by molar-refractivity contribution is 6.42. The Morgan fingerprint density at radius 3 is 2.64 bits per heavy atom. The van der Waals surface area contributed by atoms with Crippen molar-refractivity contribution in [1.82, 2.24) is 20.2 Å². The van der Waals surface area contributed by atoms with E-state index in [0.717, 1.165) is 49.8 Å². The highest BCUT2D eigenvalue weighted by atomic mass is 35.5. The Bertz CT molecular complexity index is 1020. The number of rotatable bonds is 7. The minimum atomic E-state index is -0.270. The number of anilines is 1. The van der Waals surface area contributed by atoms with Crippen molar-refractivity contribution in [2.24, 2.45) is 5.92 Å². The van der Waals surface area contributed by atoms with Crippen LogP contribution in [0.15, 0.2) is 24.5 Å². The maximum atomic E-state index is 13.6. The second-order valence-corrected chi connectivity index (χ2v) is 10.5. The number of nitrogens with one attached hydrogen (secondary N) is 1. The number of aryl methyl sites for hydroxylation is 1. The number of amides is 1. The van der Waals surface area contributed by atoms with E-state index >= 15 is 0 Å². The monoisotopic (exact) mass is 487 g/mol. The van der Waals surface area contributed by atoms with Crippen molar-refractivity contribution in [3.8, 4) is 0 Å². The largest absolute Gasteiger partial charge is 0.353 e. The predicted molar refractivity (Wildman–Crippen MR) is 132 cm³/mol. The van der Waals surface area contributed by atoms with Gasteiger partial charge in [-0.15, -0.1) is 0 Å². The van der Waals surface area contributed by atoms with Crippen molar-refractivity contribution < 1.29 is 4.79 Å². The Morgan fingerprint density at radius 1 is 1.12 bits per heavy atom. The molecule has 2 aromatic rings. The zero-order chi connectivity index (χ0) is 22.9. The number of halogens is 2. The van der Waals surface area contributed by atoms with E-state index in [-0.39, 0.29) is 11.8 Å². The molecule has 2 aliphatic carbocycles. The summed E-state index contributed by atoms with van der Waals surface area (Å²) in [6.07, 6.45) is 6.43. The van der Waals surface area contributed by atoms with Crippen LogP contribution in [-0.2, 0) is 11.2 Å². The van der Waals surface area contributed by atoms with Gasteiger partial charge < -0.3 is 15.1 Å². The van der Waals surface area contributed by atoms with Crippen molar-refractivity contribution in [2.45, 2.75) is 44.4 Å². The molecule has 8 heteroatoms. The molecule has 2 atom stereocenters. The Kier molecular flexibility index (Phi) is 6.77. The molecule has 1 aromatic heterocycles. The van der Waals surface area contributed by atoms with Crippen molar-refractivity contribution >= 4 is 34.9 Å². The third-order valence-corrected chi connectivity index (χ3v) is 8.00. The number of carbonyl (C=O) groups is 1. The van der Waals surface area contributed by atoms with Gasteiger partial charge in [0.25, 0.3) is 0 Å². The topological polar surface area (TPSA) is 61.4 Å². The maximum absolute atomic E-state index is 13.6. The van der Waals surface area contributed by atoms with Gasteiger partial charge in [-0.2, -0.15) is 0 Å². The van der Waals surface area contributed by atoms with Gasteiger partial charge in [0, 0.05) is 44.0 Å². The summed E-state index contributed by atoms with van der Waals surface area (Å²) in [6, 6.07) is 5.56. The highest BCUT2D eigenvalue weighted by Gasteiger charge is 2.32. The van der Waals surface area contributed by atoms with Gasteiger partial charge in [-0.25, -0.2) is 9.97 Å². The minimum absolute atomic E-state index is 0.151. The van der Waals surface area contributed by atoms with Crippen molar-refractivity contribution in [3.63, 3.8) is 0 Å². The Labute approximate surface area is 205 Å². The van der Waals surface area contributed by atoms with Gasteiger partial charge in [0.1, 0.15) is 12.1 Å². The van der Waals surface area contributed by atoms with E-state index < -0.39 is 0 Å². The molecule has 5 rings (SSSR count). The molecule has 0 unspecified atom stereocenters. The molecule has 0 radical (unpaired) electrons. The molecule has 1 N–H and O–H groups in total. The molecule has 176 valence electrons. The molecular formula is C25H31Cl2N5O. The van der Waals surface area contributed by atoms with E-state index in [9.17, 15) is 4.79 Å². The van der Waals surface area contributed by atoms with Crippen LogP contribution in [0.25, 0.3) is 0 Å². The van der Waals surface area contributed by atoms with E-state index in [1.165, 1.54) is 24.1 Å². The standard InChI is InChI=1S/C25H31Cl2N5O/c1-16-2-7-22-23(16)24(30-15-29-22)31-8-10-32(11-9-31)25(33)19(14-28-13-17-3-4-17)18-5-6-20(26)21(27)12-18/h5-6,12,15-17,19,28H,2-4,7-11,13-14H2,1H3/t16-,19-/m1/s1. The smallest absolute Gasteiger partial charge is 0.231 e. The fourth-order valence-electron chi connectivity index (χ4n) is 5.06. The number of nitrogens with zero attached hydrogens (tertiary/aromatic N) is 4. The number of benzene rings is 1. The van der Waals surface area contributed by atoms with Crippen LogP contribution in [0.5, 0.6) is 0 Å². The van der Waals surface area contributed by atoms with Crippen LogP contribution in [0.4, 0.5) is 5.82 Å². The van der Waals surface area contributed by atoms with Crippen molar-refractivity contribution in [2.75, 3.05) is 44.2 Å². The quantitative estimate of drug-likeness (QED) is 0.631. The zero-order valence-corrected chi connectivity index (χ0v) is 20.6. The van der Waals surface area contributed by atoms with Crippen LogP contribution in [0.1, 0.15) is 54.8 Å². The molecule has 0 spiro atoms. The Hall–Kier alpha value is -1.89. The highest BCUT2D eigenvalue weighted by Crippen LogP contribution is 2.37. The lowest BCUT2D eigenvalue weighted by molar-refractivity contribution is -0.133. The van der Waals surface area contributed by atoms with E-state index in [0.29, 0.717) is 35.6 Å². The van der Waals surface area contributed by atoms with Gasteiger partial charge in [-0.3, -0.25) is 4.79 Å². The minimum Gasteiger partial charge on any atom is -0.353 e. The molecular weight excluding hydrogens is 457 g/mol. The van der Waals surface area contributed by atoms with Gasteiger partial charge in [0.05, 0.1) is 16.0 Å². The van der Waals surface area contributed by atoms with E-state index in [2.05, 4.69) is 27.1 Å². The lowest BCUT2D eigenvalue weighted by Crippen LogP contribution is -2.51. The summed E-state index contributed by atoms with van der Waals surface area (Å²) in [5, 5.41) is 4.52. The summed E-state index contributed by atoms with van der Waals surface area (Å²) in [6.45, 7) is 6.78. The maximum Gasteiger partial charge on any atom is 0.231 e. The van der Waals surface area contributed by atoms with Gasteiger partial charge in [0.2, 0.25) is 5.91 Å². The van der Waals surface area contributed by atoms with E-state index in [1.54, 1.807) is 12.4 Å². The summed E-state index contributed by atoms with van der Waals surface area (Å²) in [5.74, 6) is 2.19. The fraction of sp³-hybridized carbons (Fsp3) is 0.560. The Morgan fingerprint density at radius 2 is 1.91 bits per heavy atom. The number of fused-ring (bicyclic) bond motifs is 1. The molecule has 33 heavy (non-hydrogen) atoms. The Balaban J connectivity index is 1.28. The van der Waals surface area contributed by atoms with Crippen LogP contribution in [0.2, 0.25) is 10.0 Å². The van der Waals surface area contributed by atoms with Crippen LogP contribution in [-0.4, -0.2) is 60.0 Å². The first-order valence-corrected chi connectivity index (χ1v) is 12.8. The van der Waals surface area contributed by atoms with E-state index in [4.69, 9.17) is 23.2 Å². The third kappa shape index (κ3) is 4.98. The van der Waals surface area contributed by atoms with Gasteiger partial charge in [-0.05, 0) is 61.8 Å². The number of hydrogen-bond donors (Lipinski definition) is 1. The van der Waals surface area contributed by atoms with Crippen LogP contribution in [0.3, 0.4) is 0 Å². The number of carbonyl (C=O) groups excluding carboxylic acids is 1. The first-order valence-electron chi connectivity index (χ1n) is 12.0. The average molecular weight is 488 g/mol. The van der Waals surface area contributed by atoms with E-state index in [1.807, 2.05) is 17.0 Å². The summed E-state index contributed by atoms with van der Waals surface area (Å²) in [5.41, 5.74) is 3.41. The molecule has 1 saturated heterocycles. The molecule has 0 bridgehead atoms. The summed E-state index contributed by atoms with van der Waals surface area (Å²) < 4.78 is 0. The molecule has 1 aliphatic heterocycles. The number of aromatic nitrogens is 2. The predicted octanol–water partition coefficient (Wildman–Crippen LogP) is 4.27. The molecule has 2 fully saturated rings. The number of hydrogen-bond acceptors (Lipinski definition) is 5. The van der Waals surface area contributed by atoms with Gasteiger partial charge >= 0.3 is 0 Å². The first-order chi connectivity index (χ1) is 16.0. The molecule has 1 saturated carbocycles. The molecule has 1 amide bonds.